The molecule has 1 rings (SSSR count). The highest BCUT2D eigenvalue weighted by molar-refractivity contribution is 5.92. The van der Waals surface area contributed by atoms with Crippen molar-refractivity contribution < 1.29 is 4.79 Å². The molecule has 0 saturated heterocycles. The molecule has 0 bridgehead atoms. The first-order valence-electron chi connectivity index (χ1n) is 6.93. The summed E-state index contributed by atoms with van der Waals surface area (Å²) in [5, 5.41) is 3.04. The van der Waals surface area contributed by atoms with Crippen LogP contribution < -0.4 is 11.1 Å². The van der Waals surface area contributed by atoms with Crippen molar-refractivity contribution in [1.82, 2.24) is 5.32 Å². The molecule has 110 valence electrons. The molecule has 0 fully saturated rings. The van der Waals surface area contributed by atoms with E-state index in [9.17, 15) is 4.79 Å². The molecule has 3 heteroatoms. The standard InChI is InChI=1S/C17H26N2O/c1-16(2,3)12-17(4,5)19-15(20)11-8-13-6-9-14(18)10-7-13/h6-11H,12,18H2,1-5H3,(H,19,20)/b11-8+. The van der Waals surface area contributed by atoms with Gasteiger partial charge in [-0.1, -0.05) is 32.9 Å². The number of hydrogen-bond donors (Lipinski definition) is 2. The fourth-order valence-electron chi connectivity index (χ4n) is 2.52. The fraction of sp³-hybridized carbons (Fsp3) is 0.471. The summed E-state index contributed by atoms with van der Waals surface area (Å²) >= 11 is 0. The lowest BCUT2D eigenvalue weighted by Gasteiger charge is -2.32. The first kappa shape index (κ1) is 16.3. The van der Waals surface area contributed by atoms with E-state index in [1.807, 2.05) is 38.1 Å². The Morgan fingerprint density at radius 3 is 2.20 bits per heavy atom. The van der Waals surface area contributed by atoms with Gasteiger partial charge in [-0.05, 0) is 49.5 Å². The molecule has 0 unspecified atom stereocenters. The minimum atomic E-state index is -0.221. The average molecular weight is 274 g/mol. The van der Waals surface area contributed by atoms with Crippen LogP contribution in [0.4, 0.5) is 5.69 Å². The normalized spacial score (nSPS) is 12.7. The molecule has 3 nitrogen and oxygen atoms in total. The third-order valence-corrected chi connectivity index (χ3v) is 2.80. The van der Waals surface area contributed by atoms with Gasteiger partial charge in [-0.3, -0.25) is 4.79 Å². The number of amides is 1. The summed E-state index contributed by atoms with van der Waals surface area (Å²) in [4.78, 5) is 12.0. The van der Waals surface area contributed by atoms with Gasteiger partial charge in [0.05, 0.1) is 0 Å². The smallest absolute Gasteiger partial charge is 0.244 e. The van der Waals surface area contributed by atoms with Crippen molar-refractivity contribution in [2.45, 2.75) is 46.6 Å². The Morgan fingerprint density at radius 2 is 1.70 bits per heavy atom. The second-order valence-corrected chi connectivity index (χ2v) is 7.11. The maximum atomic E-state index is 12.0. The molecule has 0 heterocycles. The molecule has 0 aromatic heterocycles. The van der Waals surface area contributed by atoms with Gasteiger partial charge < -0.3 is 11.1 Å². The van der Waals surface area contributed by atoms with Crippen molar-refractivity contribution in [3.05, 3.63) is 35.9 Å². The topological polar surface area (TPSA) is 55.1 Å². The van der Waals surface area contributed by atoms with Crippen LogP contribution in [0.1, 0.15) is 46.6 Å². The Morgan fingerprint density at radius 1 is 1.15 bits per heavy atom. The van der Waals surface area contributed by atoms with Gasteiger partial charge in [0.15, 0.2) is 0 Å². The summed E-state index contributed by atoms with van der Waals surface area (Å²) < 4.78 is 0. The van der Waals surface area contributed by atoms with Crippen molar-refractivity contribution in [2.75, 3.05) is 5.73 Å². The minimum Gasteiger partial charge on any atom is -0.399 e. The zero-order valence-corrected chi connectivity index (χ0v) is 13.2. The predicted octanol–water partition coefficient (Wildman–Crippen LogP) is 3.61. The van der Waals surface area contributed by atoms with Gasteiger partial charge in [0.2, 0.25) is 5.91 Å². The van der Waals surface area contributed by atoms with Crippen LogP contribution in [0.5, 0.6) is 0 Å². The summed E-state index contributed by atoms with van der Waals surface area (Å²) in [5.41, 5.74) is 7.26. The van der Waals surface area contributed by atoms with Gasteiger partial charge in [-0.2, -0.15) is 0 Å². The predicted molar refractivity (Wildman–Crippen MR) is 86.2 cm³/mol. The lowest BCUT2D eigenvalue weighted by atomic mass is 9.82. The number of rotatable bonds is 4. The second-order valence-electron chi connectivity index (χ2n) is 7.11. The molecule has 0 aliphatic carbocycles. The van der Waals surface area contributed by atoms with Crippen LogP contribution in [0.15, 0.2) is 30.3 Å². The zero-order valence-electron chi connectivity index (χ0n) is 13.2. The zero-order chi connectivity index (χ0) is 15.4. The van der Waals surface area contributed by atoms with Crippen LogP contribution in [0.3, 0.4) is 0 Å². The first-order valence-corrected chi connectivity index (χ1v) is 6.93. The van der Waals surface area contributed by atoms with Gasteiger partial charge in [-0.25, -0.2) is 0 Å². The van der Waals surface area contributed by atoms with Crippen LogP contribution in [-0.2, 0) is 4.79 Å². The van der Waals surface area contributed by atoms with Crippen LogP contribution in [0.25, 0.3) is 6.08 Å². The van der Waals surface area contributed by atoms with Gasteiger partial charge in [0, 0.05) is 17.3 Å². The van der Waals surface area contributed by atoms with E-state index in [4.69, 9.17) is 5.73 Å². The van der Waals surface area contributed by atoms with E-state index in [2.05, 4.69) is 26.1 Å². The molecular formula is C17H26N2O. The molecule has 3 N–H and O–H groups in total. The SMILES string of the molecule is CC(C)(C)CC(C)(C)NC(=O)/C=C/c1ccc(N)cc1. The molecule has 0 spiro atoms. The molecule has 0 radical (unpaired) electrons. The van der Waals surface area contributed by atoms with Crippen molar-refractivity contribution in [2.24, 2.45) is 5.41 Å². The Labute approximate surface area is 122 Å². The highest BCUT2D eigenvalue weighted by atomic mass is 16.1. The van der Waals surface area contributed by atoms with E-state index in [-0.39, 0.29) is 16.9 Å². The van der Waals surface area contributed by atoms with E-state index in [0.29, 0.717) is 0 Å². The van der Waals surface area contributed by atoms with Gasteiger partial charge in [0.1, 0.15) is 0 Å². The second kappa shape index (κ2) is 6.12. The summed E-state index contributed by atoms with van der Waals surface area (Å²) in [6.45, 7) is 10.6. The molecule has 0 atom stereocenters. The number of nitrogens with two attached hydrogens (primary N) is 1. The summed E-state index contributed by atoms with van der Waals surface area (Å²) in [7, 11) is 0. The largest absolute Gasteiger partial charge is 0.399 e. The number of nitrogen functional groups attached to an aromatic ring is 1. The molecule has 1 aromatic carbocycles. The van der Waals surface area contributed by atoms with E-state index >= 15 is 0 Å². The lowest BCUT2D eigenvalue weighted by Crippen LogP contribution is -2.45. The Balaban J connectivity index is 2.61. The van der Waals surface area contributed by atoms with Crippen molar-refractivity contribution in [1.29, 1.82) is 0 Å². The highest BCUT2D eigenvalue weighted by Gasteiger charge is 2.26. The number of carbonyl (C=O) groups excluding carboxylic acids is 1. The maximum absolute atomic E-state index is 12.0. The molecule has 20 heavy (non-hydrogen) atoms. The van der Waals surface area contributed by atoms with Crippen LogP contribution in [0.2, 0.25) is 0 Å². The first-order chi connectivity index (χ1) is 9.07. The van der Waals surface area contributed by atoms with Crippen molar-refractivity contribution in [3.8, 4) is 0 Å². The van der Waals surface area contributed by atoms with Crippen LogP contribution in [0, 0.1) is 5.41 Å². The summed E-state index contributed by atoms with van der Waals surface area (Å²) in [6, 6.07) is 7.42. The Hall–Kier alpha value is -1.77. The molecule has 1 amide bonds. The number of benzene rings is 1. The van der Waals surface area contributed by atoms with E-state index in [1.165, 1.54) is 0 Å². The lowest BCUT2D eigenvalue weighted by molar-refractivity contribution is -0.118. The quantitative estimate of drug-likeness (QED) is 0.651. The number of nitrogens with one attached hydrogen (secondary N) is 1. The maximum Gasteiger partial charge on any atom is 0.244 e. The molecule has 0 aliphatic rings. The molecule has 0 saturated carbocycles. The molecule has 0 aliphatic heterocycles. The van der Waals surface area contributed by atoms with Gasteiger partial charge in [-0.15, -0.1) is 0 Å². The summed E-state index contributed by atoms with van der Waals surface area (Å²) in [6.07, 6.45) is 4.28. The Kier molecular flexibility index (Phi) is 4.98. The minimum absolute atomic E-state index is 0.0731. The van der Waals surface area contributed by atoms with E-state index in [0.717, 1.165) is 17.7 Å². The molecule has 1 aromatic rings. The third-order valence-electron chi connectivity index (χ3n) is 2.80. The highest BCUT2D eigenvalue weighted by Crippen LogP contribution is 2.26. The monoisotopic (exact) mass is 274 g/mol. The van der Waals surface area contributed by atoms with Crippen LogP contribution >= 0.6 is 0 Å². The van der Waals surface area contributed by atoms with Gasteiger partial charge in [0.25, 0.3) is 0 Å². The number of carbonyl (C=O) groups is 1. The Bertz CT molecular complexity index is 479. The van der Waals surface area contributed by atoms with Gasteiger partial charge >= 0.3 is 0 Å². The summed E-state index contributed by atoms with van der Waals surface area (Å²) in [5.74, 6) is -0.0731. The van der Waals surface area contributed by atoms with Crippen molar-refractivity contribution >= 4 is 17.7 Å². The van der Waals surface area contributed by atoms with E-state index < -0.39 is 0 Å². The number of hydrogen-bond acceptors (Lipinski definition) is 2. The average Bonchev–Trinajstić information content (AvgIpc) is 2.24. The third kappa shape index (κ3) is 6.41. The van der Waals surface area contributed by atoms with Crippen LogP contribution in [-0.4, -0.2) is 11.4 Å². The van der Waals surface area contributed by atoms with Crippen molar-refractivity contribution in [3.63, 3.8) is 0 Å². The van der Waals surface area contributed by atoms with E-state index in [1.54, 1.807) is 12.2 Å². The fourth-order valence-corrected chi connectivity index (χ4v) is 2.52. The molecular weight excluding hydrogens is 248 g/mol. The number of anilines is 1.